The molecule has 5 rings (SSSR count). The van der Waals surface area contributed by atoms with E-state index in [1.165, 1.54) is 16.7 Å². The van der Waals surface area contributed by atoms with Crippen LogP contribution in [0.25, 0.3) is 0 Å². The molecule has 0 aliphatic carbocycles. The minimum atomic E-state index is -0.828. The van der Waals surface area contributed by atoms with E-state index >= 15 is 0 Å². The van der Waals surface area contributed by atoms with Gasteiger partial charge in [0.2, 0.25) is 0 Å². The molecule has 2 aromatic carbocycles. The smallest absolute Gasteiger partial charge is 0.256 e. The average molecular weight is 669 g/mol. The number of carbonyl (C=O) groups excluding carboxylic acids is 2. The summed E-state index contributed by atoms with van der Waals surface area (Å²) < 4.78 is 6.60. The Balaban J connectivity index is 1.33. The van der Waals surface area contributed by atoms with Gasteiger partial charge in [0.1, 0.15) is 12.0 Å². The van der Waals surface area contributed by atoms with Gasteiger partial charge in [-0.2, -0.15) is 0 Å². The van der Waals surface area contributed by atoms with Crippen LogP contribution in [0.5, 0.6) is 5.75 Å². The first kappa shape index (κ1) is 36.5. The van der Waals surface area contributed by atoms with Crippen LogP contribution in [-0.2, 0) is 19.3 Å². The Kier molecular flexibility index (Phi) is 10.6. The summed E-state index contributed by atoms with van der Waals surface area (Å²) in [4.78, 5) is 36.4. The van der Waals surface area contributed by atoms with Gasteiger partial charge in [-0.05, 0) is 91.3 Å². The molecular weight excluding hydrogens is 612 g/mol. The van der Waals surface area contributed by atoms with Gasteiger partial charge < -0.3 is 19.6 Å². The molecule has 0 radical (unpaired) electrons. The maximum atomic E-state index is 13.7. The van der Waals surface area contributed by atoms with Gasteiger partial charge in [-0.15, -0.1) is 0 Å². The number of amides is 1. The molecule has 3 aliphatic rings. The fourth-order valence-electron chi connectivity index (χ4n) is 8.27. The number of aliphatic imine (C=N–C) groups is 1. The third-order valence-electron chi connectivity index (χ3n) is 10.5. The van der Waals surface area contributed by atoms with Crippen molar-refractivity contribution in [1.82, 2.24) is 9.80 Å². The number of benzene rings is 2. The number of carbonyl (C=O) groups is 2. The lowest BCUT2D eigenvalue weighted by atomic mass is 9.72. The van der Waals surface area contributed by atoms with Crippen molar-refractivity contribution in [1.29, 1.82) is 0 Å². The van der Waals surface area contributed by atoms with Crippen LogP contribution in [0.1, 0.15) is 98.2 Å². The van der Waals surface area contributed by atoms with Gasteiger partial charge in [0, 0.05) is 44.0 Å². The van der Waals surface area contributed by atoms with E-state index in [1.54, 1.807) is 9.80 Å². The molecule has 1 amide bonds. The summed E-state index contributed by atoms with van der Waals surface area (Å²) in [7, 11) is 3.92. The van der Waals surface area contributed by atoms with E-state index < -0.39 is 6.23 Å². The number of likely N-dealkylation sites (N-methyl/N-ethyl adjacent to an activating group) is 2. The minimum Gasteiger partial charge on any atom is -0.493 e. The number of hydrogen-bond donors (Lipinski definition) is 1. The number of fused-ring (bicyclic) bond motifs is 2. The van der Waals surface area contributed by atoms with Gasteiger partial charge >= 0.3 is 0 Å². The number of rotatable bonds is 12. The Morgan fingerprint density at radius 1 is 0.959 bits per heavy atom. The lowest BCUT2D eigenvalue weighted by Crippen LogP contribution is -2.47. The summed E-state index contributed by atoms with van der Waals surface area (Å²) in [6.45, 7) is 23.3. The number of aliphatic hydroxyl groups is 1. The van der Waals surface area contributed by atoms with Crippen LogP contribution in [-0.4, -0.2) is 85.4 Å². The summed E-state index contributed by atoms with van der Waals surface area (Å²) in [6, 6.07) is 7.90. The third kappa shape index (κ3) is 7.86. The van der Waals surface area contributed by atoms with Gasteiger partial charge in [-0.3, -0.25) is 19.5 Å². The highest BCUT2D eigenvalue weighted by molar-refractivity contribution is 6.02. The van der Waals surface area contributed by atoms with Gasteiger partial charge in [-0.1, -0.05) is 65.8 Å². The number of aryl methyl sites for hydroxylation is 2. The number of likely N-dealkylation sites (tertiary alicyclic amines) is 1. The van der Waals surface area contributed by atoms with Crippen LogP contribution in [0.3, 0.4) is 0 Å². The molecule has 3 unspecified atom stereocenters. The molecule has 3 heterocycles. The maximum Gasteiger partial charge on any atom is 0.256 e. The van der Waals surface area contributed by atoms with Crippen molar-refractivity contribution in [3.63, 3.8) is 0 Å². The second-order valence-electron chi connectivity index (χ2n) is 16.1. The summed E-state index contributed by atoms with van der Waals surface area (Å²) >= 11 is 0. The molecule has 8 nitrogen and oxygen atoms in total. The molecule has 2 saturated heterocycles. The lowest BCUT2D eigenvalue weighted by Gasteiger charge is -2.36. The van der Waals surface area contributed by atoms with Crippen LogP contribution < -0.4 is 9.64 Å². The molecule has 0 saturated carbocycles. The Hall–Kier alpha value is -3.75. The maximum absolute atomic E-state index is 13.7. The first-order chi connectivity index (χ1) is 23.1. The molecule has 0 aromatic heterocycles. The Bertz CT molecular complexity index is 1660. The number of anilines is 1. The molecule has 2 aromatic rings. The number of hydrogen-bond acceptors (Lipinski definition) is 7. The fraction of sp³-hybridized carbons (Fsp3) is 0.537. The molecule has 8 heteroatoms. The molecular formula is C41H56N4O4. The van der Waals surface area contributed by atoms with Crippen LogP contribution in [0, 0.1) is 10.8 Å². The number of aliphatic hydroxyl groups excluding tert-OH is 1. The summed E-state index contributed by atoms with van der Waals surface area (Å²) in [5.41, 5.74) is 7.94. The molecule has 2 fully saturated rings. The lowest BCUT2D eigenvalue weighted by molar-refractivity contribution is 0.0527. The predicted molar refractivity (Wildman–Crippen MR) is 200 cm³/mol. The molecule has 49 heavy (non-hydrogen) atoms. The summed E-state index contributed by atoms with van der Waals surface area (Å²) in [5, 5.41) is 11.2. The SMILES string of the molecule is C=C1CC(C=Nc2cc(CC(C)(C)CC(C)(C)COc3cc4c(cc3CC)C(=O)N3CC(=C)CC3C(O)N4C)c(CC)cc2C=O)N(C)C1. The van der Waals surface area contributed by atoms with E-state index in [0.717, 1.165) is 67.5 Å². The average Bonchev–Trinajstić information content (AvgIpc) is 3.58. The molecule has 3 atom stereocenters. The highest BCUT2D eigenvalue weighted by atomic mass is 16.5. The standard InChI is InChI=1S/C41H56N4O4/c1-11-28-15-31(23-46)34(42-20-32-13-26(3)21-43(32)9)17-30(28)19-40(5,6)24-41(7,8)25-49-37-18-35-33(16-29(37)12-2)38(47)45-22-27(4)14-36(45)39(48)44(35)10/h15-18,20,23,32,36,39,48H,3-4,11-14,19,21-22,24-25H2,1-2,5-10H3. The first-order valence-corrected chi connectivity index (χ1v) is 17.8. The highest BCUT2D eigenvalue weighted by Crippen LogP contribution is 2.41. The quantitative estimate of drug-likeness (QED) is 0.146. The largest absolute Gasteiger partial charge is 0.493 e. The fourth-order valence-corrected chi connectivity index (χ4v) is 8.27. The number of aldehydes is 1. The zero-order chi connectivity index (χ0) is 35.8. The van der Waals surface area contributed by atoms with Crippen molar-refractivity contribution < 1.29 is 19.4 Å². The third-order valence-corrected chi connectivity index (χ3v) is 10.5. The first-order valence-electron chi connectivity index (χ1n) is 17.8. The molecule has 1 N–H and O–H groups in total. The van der Waals surface area contributed by atoms with Crippen molar-refractivity contribution in [3.8, 4) is 5.75 Å². The van der Waals surface area contributed by atoms with Gasteiger partial charge in [0.25, 0.3) is 5.91 Å². The Morgan fingerprint density at radius 3 is 2.29 bits per heavy atom. The zero-order valence-electron chi connectivity index (χ0n) is 30.9. The molecule has 3 aliphatic heterocycles. The van der Waals surface area contributed by atoms with Crippen LogP contribution in [0.4, 0.5) is 11.4 Å². The second-order valence-corrected chi connectivity index (χ2v) is 16.1. The van der Waals surface area contributed by atoms with E-state index in [4.69, 9.17) is 9.73 Å². The van der Waals surface area contributed by atoms with Gasteiger partial charge in [-0.25, -0.2) is 0 Å². The highest BCUT2D eigenvalue weighted by Gasteiger charge is 2.42. The van der Waals surface area contributed by atoms with E-state index in [-0.39, 0.29) is 28.8 Å². The summed E-state index contributed by atoms with van der Waals surface area (Å²) in [5.74, 6) is 0.686. The van der Waals surface area contributed by atoms with Gasteiger partial charge in [0.15, 0.2) is 6.29 Å². The molecule has 0 spiro atoms. The number of nitrogens with zero attached hydrogens (tertiary/aromatic N) is 4. The van der Waals surface area contributed by atoms with Crippen LogP contribution >= 0.6 is 0 Å². The van der Waals surface area contributed by atoms with Crippen LogP contribution in [0.15, 0.2) is 53.6 Å². The van der Waals surface area contributed by atoms with Crippen LogP contribution in [0.2, 0.25) is 0 Å². The molecule has 0 bridgehead atoms. The predicted octanol–water partition coefficient (Wildman–Crippen LogP) is 7.19. The monoisotopic (exact) mass is 668 g/mol. The van der Waals surface area contributed by atoms with Crippen molar-refractivity contribution >= 4 is 29.8 Å². The number of ether oxygens (including phenoxy) is 1. The Morgan fingerprint density at radius 2 is 1.65 bits per heavy atom. The second kappa shape index (κ2) is 14.2. The van der Waals surface area contributed by atoms with Gasteiger partial charge in [0.05, 0.1) is 29.6 Å². The van der Waals surface area contributed by atoms with E-state index in [2.05, 4.69) is 72.7 Å². The van der Waals surface area contributed by atoms with Crippen molar-refractivity contribution in [2.45, 2.75) is 98.4 Å². The van der Waals surface area contributed by atoms with Crippen molar-refractivity contribution in [3.05, 3.63) is 76.4 Å². The zero-order valence-corrected chi connectivity index (χ0v) is 30.9. The molecule has 264 valence electrons. The Labute approximate surface area is 293 Å². The van der Waals surface area contributed by atoms with Crippen molar-refractivity contribution in [2.24, 2.45) is 15.8 Å². The summed E-state index contributed by atoms with van der Waals surface area (Å²) in [6.07, 6.45) is 6.84. The van der Waals surface area contributed by atoms with E-state index in [9.17, 15) is 14.7 Å². The minimum absolute atomic E-state index is 0.0661. The van der Waals surface area contributed by atoms with E-state index in [1.807, 2.05) is 31.5 Å². The van der Waals surface area contributed by atoms with Crippen molar-refractivity contribution in [2.75, 3.05) is 38.7 Å². The topological polar surface area (TPSA) is 85.7 Å². The normalized spacial score (nSPS) is 21.8. The van der Waals surface area contributed by atoms with E-state index in [0.29, 0.717) is 36.4 Å².